The van der Waals surface area contributed by atoms with E-state index in [0.717, 1.165) is 5.17 Å². The number of hydrogen-bond donors (Lipinski definition) is 1. The number of rotatable bonds is 3. The van der Waals surface area contributed by atoms with Gasteiger partial charge in [0.2, 0.25) is 0 Å². The van der Waals surface area contributed by atoms with Crippen LogP contribution in [0.15, 0.2) is 16.1 Å². The van der Waals surface area contributed by atoms with Gasteiger partial charge in [0, 0.05) is 6.20 Å². The maximum Gasteiger partial charge on any atom is 0.257 e. The van der Waals surface area contributed by atoms with Crippen LogP contribution in [-0.2, 0) is 4.79 Å². The highest BCUT2D eigenvalue weighted by Crippen LogP contribution is 2.48. The summed E-state index contributed by atoms with van der Waals surface area (Å²) in [6.07, 6.45) is 1.88. The van der Waals surface area contributed by atoms with E-state index in [-0.39, 0.29) is 17.5 Å². The zero-order chi connectivity index (χ0) is 13.7. The number of carbonyl (C=O) groups is 1. The number of aliphatic imine (C=N–C) groups is 1. The van der Waals surface area contributed by atoms with Crippen molar-refractivity contribution in [2.75, 3.05) is 0 Å². The van der Waals surface area contributed by atoms with E-state index in [2.05, 4.69) is 39.5 Å². The Morgan fingerprint density at radius 1 is 1.44 bits per heavy atom. The molecular weight excluding hydrogens is 246 g/mol. The van der Waals surface area contributed by atoms with Gasteiger partial charge in [0.1, 0.15) is 0 Å². The van der Waals surface area contributed by atoms with Gasteiger partial charge in [0.15, 0.2) is 5.17 Å². The third-order valence-electron chi connectivity index (χ3n) is 4.14. The van der Waals surface area contributed by atoms with Crippen LogP contribution < -0.4 is 5.73 Å². The molecule has 2 aliphatic heterocycles. The molecule has 0 spiro atoms. The van der Waals surface area contributed by atoms with Gasteiger partial charge in [-0.3, -0.25) is 9.79 Å². The quantitative estimate of drug-likeness (QED) is 0.852. The molecule has 0 fully saturated rings. The molecule has 0 saturated heterocycles. The van der Waals surface area contributed by atoms with E-state index in [1.165, 1.54) is 11.8 Å². The fourth-order valence-corrected chi connectivity index (χ4v) is 4.46. The van der Waals surface area contributed by atoms with Gasteiger partial charge >= 0.3 is 0 Å². The molecule has 0 aromatic heterocycles. The first kappa shape index (κ1) is 13.5. The number of amides is 1. The van der Waals surface area contributed by atoms with E-state index in [4.69, 9.17) is 10.7 Å². The predicted octanol–water partition coefficient (Wildman–Crippen LogP) is 2.17. The van der Waals surface area contributed by atoms with E-state index in [1.54, 1.807) is 0 Å². The van der Waals surface area contributed by atoms with E-state index in [9.17, 15) is 4.79 Å². The van der Waals surface area contributed by atoms with Crippen molar-refractivity contribution in [1.82, 2.24) is 4.90 Å². The van der Waals surface area contributed by atoms with Crippen LogP contribution in [0.25, 0.3) is 0 Å². The number of nitrogens with zero attached hydrogens (tertiary/aromatic N) is 2. The second kappa shape index (κ2) is 4.30. The van der Waals surface area contributed by atoms with E-state index in [0.29, 0.717) is 16.7 Å². The lowest BCUT2D eigenvalue weighted by Gasteiger charge is -2.46. The average molecular weight is 267 g/mol. The molecule has 2 N–H and O–H groups in total. The van der Waals surface area contributed by atoms with Crippen LogP contribution in [0.3, 0.4) is 0 Å². The van der Waals surface area contributed by atoms with E-state index >= 15 is 0 Å². The smallest absolute Gasteiger partial charge is 0.257 e. The summed E-state index contributed by atoms with van der Waals surface area (Å²) >= 11 is 1.39. The number of primary amides is 1. The fraction of sp³-hybridized carbons (Fsp3) is 0.692. The van der Waals surface area contributed by atoms with Crippen LogP contribution in [0.5, 0.6) is 0 Å². The molecule has 2 heterocycles. The molecule has 1 amide bonds. The van der Waals surface area contributed by atoms with Crippen LogP contribution in [0, 0.1) is 11.8 Å². The molecule has 0 bridgehead atoms. The molecule has 100 valence electrons. The number of hydrogen-bond acceptors (Lipinski definition) is 4. The van der Waals surface area contributed by atoms with Gasteiger partial charge in [0.05, 0.1) is 16.5 Å². The van der Waals surface area contributed by atoms with Crippen molar-refractivity contribution < 1.29 is 4.79 Å². The Morgan fingerprint density at radius 2 is 2.00 bits per heavy atom. The summed E-state index contributed by atoms with van der Waals surface area (Å²) in [5.74, 6) is 0.516. The second-order valence-electron chi connectivity index (χ2n) is 5.61. The second-order valence-corrected chi connectivity index (χ2v) is 6.62. The minimum Gasteiger partial charge on any atom is -0.365 e. The molecule has 18 heavy (non-hydrogen) atoms. The molecule has 1 atom stereocenters. The van der Waals surface area contributed by atoms with Crippen LogP contribution >= 0.6 is 11.8 Å². The number of fused-ring (bicyclic) bond motifs is 1. The summed E-state index contributed by atoms with van der Waals surface area (Å²) < 4.78 is 0. The van der Waals surface area contributed by atoms with Crippen molar-refractivity contribution in [3.05, 3.63) is 11.1 Å². The van der Waals surface area contributed by atoms with Crippen LogP contribution in [0.4, 0.5) is 0 Å². The molecule has 5 heteroatoms. The summed E-state index contributed by atoms with van der Waals surface area (Å²) in [5.41, 5.74) is 5.31. The van der Waals surface area contributed by atoms with E-state index in [1.807, 2.05) is 6.20 Å². The largest absolute Gasteiger partial charge is 0.365 e. The lowest BCUT2D eigenvalue weighted by Crippen LogP contribution is -2.56. The SMILES string of the molecule is CC(C)C1(C(C)C)C(C)N=C2SC(C(N)=O)=CN21. The van der Waals surface area contributed by atoms with Crippen molar-refractivity contribution >= 4 is 22.8 Å². The molecule has 0 aromatic carbocycles. The number of amidine groups is 1. The van der Waals surface area contributed by atoms with E-state index < -0.39 is 0 Å². The van der Waals surface area contributed by atoms with Gasteiger partial charge in [0.25, 0.3) is 5.91 Å². The lowest BCUT2D eigenvalue weighted by molar-refractivity contribution is -0.113. The molecule has 4 nitrogen and oxygen atoms in total. The third kappa shape index (κ3) is 1.60. The number of thioether (sulfide) groups is 1. The number of nitrogens with two attached hydrogens (primary N) is 1. The Morgan fingerprint density at radius 3 is 2.44 bits per heavy atom. The van der Waals surface area contributed by atoms with Gasteiger partial charge in [-0.15, -0.1) is 0 Å². The summed E-state index contributed by atoms with van der Waals surface area (Å²) in [7, 11) is 0. The topological polar surface area (TPSA) is 58.7 Å². The molecule has 2 rings (SSSR count). The lowest BCUT2D eigenvalue weighted by atomic mass is 9.72. The predicted molar refractivity (Wildman–Crippen MR) is 76.0 cm³/mol. The average Bonchev–Trinajstić information content (AvgIpc) is 2.71. The minimum absolute atomic E-state index is 0.0560. The normalized spacial score (nSPS) is 25.5. The van der Waals surface area contributed by atoms with Gasteiger partial charge in [-0.1, -0.05) is 27.7 Å². The molecule has 0 aromatic rings. The van der Waals surface area contributed by atoms with Gasteiger partial charge < -0.3 is 10.6 Å². The Bertz CT molecular complexity index is 432. The first-order valence-corrected chi connectivity index (χ1v) is 7.20. The van der Waals surface area contributed by atoms with Crippen molar-refractivity contribution in [2.45, 2.75) is 46.2 Å². The highest BCUT2D eigenvalue weighted by molar-refractivity contribution is 8.18. The fourth-order valence-electron chi connectivity index (χ4n) is 3.48. The first-order chi connectivity index (χ1) is 8.31. The van der Waals surface area contributed by atoms with Crippen LogP contribution in [-0.4, -0.2) is 27.6 Å². The summed E-state index contributed by atoms with van der Waals surface area (Å²) in [6, 6.07) is 0.227. The first-order valence-electron chi connectivity index (χ1n) is 6.38. The third-order valence-corrected chi connectivity index (χ3v) is 5.15. The van der Waals surface area contributed by atoms with Gasteiger partial charge in [-0.2, -0.15) is 0 Å². The molecule has 0 radical (unpaired) electrons. The van der Waals surface area contributed by atoms with Crippen LogP contribution in [0.2, 0.25) is 0 Å². The standard InChI is InChI=1S/C13H21N3OS/c1-7(2)13(8(3)4)9(5)15-12-16(13)6-10(18-12)11(14)17/h6-9H,1-5H3,(H2,14,17). The van der Waals surface area contributed by atoms with Gasteiger partial charge in [-0.25, -0.2) is 0 Å². The Hall–Kier alpha value is -0.970. The van der Waals surface area contributed by atoms with Crippen molar-refractivity contribution in [3.8, 4) is 0 Å². The molecule has 0 aliphatic carbocycles. The summed E-state index contributed by atoms with van der Waals surface area (Å²) in [6.45, 7) is 11.0. The zero-order valence-corrected chi connectivity index (χ0v) is 12.4. The molecule has 2 aliphatic rings. The Kier molecular flexibility index (Phi) is 3.21. The van der Waals surface area contributed by atoms with Crippen LogP contribution in [0.1, 0.15) is 34.6 Å². The summed E-state index contributed by atoms with van der Waals surface area (Å²) in [4.78, 5) is 18.8. The monoisotopic (exact) mass is 267 g/mol. The maximum absolute atomic E-state index is 11.3. The van der Waals surface area contributed by atoms with Gasteiger partial charge in [-0.05, 0) is 30.5 Å². The highest BCUT2D eigenvalue weighted by Gasteiger charge is 2.54. The summed E-state index contributed by atoms with van der Waals surface area (Å²) in [5, 5.41) is 0.915. The Labute approximate surface area is 113 Å². The minimum atomic E-state index is -0.369. The van der Waals surface area contributed by atoms with Crippen molar-refractivity contribution in [2.24, 2.45) is 22.6 Å². The Balaban J connectivity index is 2.47. The zero-order valence-electron chi connectivity index (χ0n) is 11.6. The van der Waals surface area contributed by atoms with Crippen molar-refractivity contribution in [1.29, 1.82) is 0 Å². The molecule has 1 unspecified atom stereocenters. The van der Waals surface area contributed by atoms with Crippen molar-refractivity contribution in [3.63, 3.8) is 0 Å². The number of carbonyl (C=O) groups excluding carboxylic acids is 1. The maximum atomic E-state index is 11.3. The highest BCUT2D eigenvalue weighted by atomic mass is 32.2. The molecular formula is C13H21N3OS. The molecule has 0 saturated carbocycles.